The summed E-state index contributed by atoms with van der Waals surface area (Å²) in [5, 5.41) is 2.58. The molecule has 1 N–H and O–H groups in total. The first-order valence-corrected chi connectivity index (χ1v) is 6.92. The lowest BCUT2D eigenvalue weighted by molar-refractivity contribution is -0.137. The molecule has 2 aromatic heterocycles. The molecule has 0 aliphatic rings. The summed E-state index contributed by atoms with van der Waals surface area (Å²) in [5.74, 6) is -0.343. The van der Waals surface area contributed by atoms with E-state index in [0.717, 1.165) is 12.1 Å². The summed E-state index contributed by atoms with van der Waals surface area (Å²) < 4.78 is 43.6. The molecular formula is C17H11F3N2O2. The minimum Gasteiger partial charge on any atom is -0.451 e. The molecule has 0 saturated carbocycles. The third-order valence-electron chi connectivity index (χ3n) is 3.22. The molecule has 1 aromatic carbocycles. The largest absolute Gasteiger partial charge is 0.451 e. The fraction of sp³-hybridized carbons (Fsp3) is 0.0588. The second-order valence-corrected chi connectivity index (χ2v) is 4.94. The fourth-order valence-electron chi connectivity index (χ4n) is 2.09. The van der Waals surface area contributed by atoms with E-state index in [1.807, 2.05) is 0 Å². The van der Waals surface area contributed by atoms with Gasteiger partial charge in [0.25, 0.3) is 5.91 Å². The van der Waals surface area contributed by atoms with Crippen LogP contribution in [0.4, 0.5) is 18.9 Å². The second-order valence-electron chi connectivity index (χ2n) is 4.94. The highest BCUT2D eigenvalue weighted by atomic mass is 19.4. The van der Waals surface area contributed by atoms with E-state index in [2.05, 4.69) is 10.3 Å². The van der Waals surface area contributed by atoms with Crippen LogP contribution in [0.25, 0.3) is 11.3 Å². The average molecular weight is 332 g/mol. The monoisotopic (exact) mass is 332 g/mol. The summed E-state index contributed by atoms with van der Waals surface area (Å²) >= 11 is 0. The zero-order valence-corrected chi connectivity index (χ0v) is 12.2. The number of furan rings is 1. The standard InChI is InChI=1S/C17H11F3N2O2/c18-17(19,20)12-4-1-3-11(9-12)14-6-7-15(24-14)16(23)22-13-5-2-8-21-10-13/h1-10H,(H,22,23). The summed E-state index contributed by atoms with van der Waals surface area (Å²) in [6.45, 7) is 0. The molecule has 0 bridgehead atoms. The normalized spacial score (nSPS) is 11.3. The van der Waals surface area contributed by atoms with Crippen molar-refractivity contribution in [1.29, 1.82) is 0 Å². The highest BCUT2D eigenvalue weighted by molar-refractivity contribution is 6.02. The highest BCUT2D eigenvalue weighted by Crippen LogP contribution is 2.32. The number of anilines is 1. The number of nitrogens with one attached hydrogen (secondary N) is 1. The number of hydrogen-bond acceptors (Lipinski definition) is 3. The summed E-state index contributed by atoms with van der Waals surface area (Å²) in [7, 11) is 0. The van der Waals surface area contributed by atoms with Gasteiger partial charge in [0.1, 0.15) is 5.76 Å². The van der Waals surface area contributed by atoms with Crippen LogP contribution >= 0.6 is 0 Å². The van der Waals surface area contributed by atoms with E-state index >= 15 is 0 Å². The van der Waals surface area contributed by atoms with E-state index in [9.17, 15) is 18.0 Å². The van der Waals surface area contributed by atoms with Gasteiger partial charge in [0.15, 0.2) is 5.76 Å². The maximum absolute atomic E-state index is 12.8. The van der Waals surface area contributed by atoms with E-state index in [0.29, 0.717) is 5.69 Å². The Hall–Kier alpha value is -3.09. The SMILES string of the molecule is O=C(Nc1cccnc1)c1ccc(-c2cccc(C(F)(F)F)c2)o1. The number of carbonyl (C=O) groups excluding carboxylic acids is 1. The molecular weight excluding hydrogens is 321 g/mol. The zero-order valence-electron chi connectivity index (χ0n) is 12.2. The number of hydrogen-bond donors (Lipinski definition) is 1. The van der Waals surface area contributed by atoms with E-state index in [1.165, 1.54) is 30.5 Å². The zero-order chi connectivity index (χ0) is 17.2. The quantitative estimate of drug-likeness (QED) is 0.762. The fourth-order valence-corrected chi connectivity index (χ4v) is 2.09. The average Bonchev–Trinajstić information content (AvgIpc) is 3.05. The molecule has 0 saturated heterocycles. The molecule has 0 unspecified atom stereocenters. The molecule has 3 rings (SSSR count). The lowest BCUT2D eigenvalue weighted by atomic mass is 10.1. The topological polar surface area (TPSA) is 55.1 Å². The smallest absolute Gasteiger partial charge is 0.416 e. The molecule has 0 aliphatic carbocycles. The van der Waals surface area contributed by atoms with Crippen LogP contribution in [0.1, 0.15) is 16.1 Å². The van der Waals surface area contributed by atoms with E-state index in [4.69, 9.17) is 4.42 Å². The molecule has 2 heterocycles. The van der Waals surface area contributed by atoms with Crippen LogP contribution in [0.5, 0.6) is 0 Å². The lowest BCUT2D eigenvalue weighted by Crippen LogP contribution is -2.10. The van der Waals surface area contributed by atoms with Gasteiger partial charge in [-0.1, -0.05) is 12.1 Å². The first-order valence-electron chi connectivity index (χ1n) is 6.92. The van der Waals surface area contributed by atoms with Crippen molar-refractivity contribution in [2.24, 2.45) is 0 Å². The predicted octanol–water partition coefficient (Wildman–Crippen LogP) is 4.61. The van der Waals surface area contributed by atoms with Crippen LogP contribution in [0.15, 0.2) is 65.3 Å². The van der Waals surface area contributed by atoms with Crippen LogP contribution in [0.3, 0.4) is 0 Å². The van der Waals surface area contributed by atoms with Crippen molar-refractivity contribution in [3.05, 3.63) is 72.2 Å². The van der Waals surface area contributed by atoms with Crippen LogP contribution in [0, 0.1) is 0 Å². The van der Waals surface area contributed by atoms with E-state index in [1.54, 1.807) is 18.3 Å². The van der Waals surface area contributed by atoms with Crippen molar-refractivity contribution in [3.8, 4) is 11.3 Å². The molecule has 3 aromatic rings. The summed E-state index contributed by atoms with van der Waals surface area (Å²) in [4.78, 5) is 15.9. The molecule has 24 heavy (non-hydrogen) atoms. The summed E-state index contributed by atoms with van der Waals surface area (Å²) in [6.07, 6.45) is -1.41. The number of alkyl halides is 3. The van der Waals surface area contributed by atoms with Gasteiger partial charge < -0.3 is 9.73 Å². The Morgan fingerprint density at radius 1 is 1.08 bits per heavy atom. The van der Waals surface area contributed by atoms with Crippen LogP contribution < -0.4 is 5.32 Å². The number of benzene rings is 1. The summed E-state index contributed by atoms with van der Waals surface area (Å²) in [6, 6.07) is 10.9. The number of carbonyl (C=O) groups is 1. The van der Waals surface area contributed by atoms with Gasteiger partial charge in [0, 0.05) is 11.8 Å². The number of aromatic nitrogens is 1. The highest BCUT2D eigenvalue weighted by Gasteiger charge is 2.30. The maximum Gasteiger partial charge on any atom is 0.416 e. The Morgan fingerprint density at radius 3 is 2.62 bits per heavy atom. The van der Waals surface area contributed by atoms with Gasteiger partial charge in [-0.2, -0.15) is 13.2 Å². The lowest BCUT2D eigenvalue weighted by Gasteiger charge is -2.07. The van der Waals surface area contributed by atoms with Gasteiger partial charge in [0.2, 0.25) is 0 Å². The number of amides is 1. The molecule has 7 heteroatoms. The predicted molar refractivity (Wildman–Crippen MR) is 81.3 cm³/mol. The Kier molecular flexibility index (Phi) is 4.07. The van der Waals surface area contributed by atoms with Crippen molar-refractivity contribution in [1.82, 2.24) is 4.98 Å². The molecule has 0 spiro atoms. The van der Waals surface area contributed by atoms with E-state index in [-0.39, 0.29) is 17.1 Å². The third-order valence-corrected chi connectivity index (χ3v) is 3.22. The van der Waals surface area contributed by atoms with Gasteiger partial charge in [-0.05, 0) is 36.4 Å². The van der Waals surface area contributed by atoms with Crippen LogP contribution in [-0.4, -0.2) is 10.9 Å². The van der Waals surface area contributed by atoms with Gasteiger partial charge >= 0.3 is 6.18 Å². The van der Waals surface area contributed by atoms with Crippen molar-refractivity contribution >= 4 is 11.6 Å². The van der Waals surface area contributed by atoms with E-state index < -0.39 is 17.6 Å². The molecule has 1 amide bonds. The first kappa shape index (κ1) is 15.8. The Bertz CT molecular complexity index is 858. The van der Waals surface area contributed by atoms with Crippen molar-refractivity contribution in [2.75, 3.05) is 5.32 Å². The number of halogens is 3. The Balaban J connectivity index is 1.82. The maximum atomic E-state index is 12.8. The van der Waals surface area contributed by atoms with Crippen LogP contribution in [-0.2, 0) is 6.18 Å². The number of nitrogens with zero attached hydrogens (tertiary/aromatic N) is 1. The molecule has 0 atom stereocenters. The molecule has 122 valence electrons. The van der Waals surface area contributed by atoms with Gasteiger partial charge in [0.05, 0.1) is 17.4 Å². The van der Waals surface area contributed by atoms with Crippen molar-refractivity contribution < 1.29 is 22.4 Å². The third kappa shape index (κ3) is 3.45. The number of pyridine rings is 1. The molecule has 0 aliphatic heterocycles. The number of rotatable bonds is 3. The van der Waals surface area contributed by atoms with Crippen LogP contribution in [0.2, 0.25) is 0 Å². The van der Waals surface area contributed by atoms with Gasteiger partial charge in [-0.15, -0.1) is 0 Å². The minimum atomic E-state index is -4.44. The van der Waals surface area contributed by atoms with Gasteiger partial charge in [-0.25, -0.2) is 0 Å². The molecule has 0 fully saturated rings. The minimum absolute atomic E-state index is 0.00809. The van der Waals surface area contributed by atoms with Crippen molar-refractivity contribution in [3.63, 3.8) is 0 Å². The Morgan fingerprint density at radius 2 is 1.92 bits per heavy atom. The first-order chi connectivity index (χ1) is 11.4. The second kappa shape index (κ2) is 6.19. The Labute approximate surface area is 134 Å². The molecule has 4 nitrogen and oxygen atoms in total. The van der Waals surface area contributed by atoms with Gasteiger partial charge in [-0.3, -0.25) is 9.78 Å². The summed E-state index contributed by atoms with van der Waals surface area (Å²) in [5.41, 5.74) is -0.0532. The van der Waals surface area contributed by atoms with Crippen molar-refractivity contribution in [2.45, 2.75) is 6.18 Å². The molecule has 0 radical (unpaired) electrons.